The molecule has 0 bridgehead atoms. The van der Waals surface area contributed by atoms with Crippen molar-refractivity contribution in [1.82, 2.24) is 15.8 Å². The zero-order chi connectivity index (χ0) is 21.8. The lowest BCUT2D eigenvalue weighted by atomic mass is 9.81. The maximum atomic E-state index is 12.7. The van der Waals surface area contributed by atoms with Gasteiger partial charge in [-0.25, -0.2) is 0 Å². The van der Waals surface area contributed by atoms with Gasteiger partial charge in [-0.2, -0.15) is 0 Å². The Bertz CT molecular complexity index is 1070. The molecule has 166 valence electrons. The van der Waals surface area contributed by atoms with Crippen molar-refractivity contribution in [2.24, 2.45) is 11.8 Å². The number of piperidine rings is 1. The molecule has 32 heavy (non-hydrogen) atoms. The molecule has 0 spiro atoms. The highest BCUT2D eigenvalue weighted by atomic mass is 16.7. The highest BCUT2D eigenvalue weighted by molar-refractivity contribution is 5.76. The average molecular weight is 434 g/mol. The summed E-state index contributed by atoms with van der Waals surface area (Å²) in [6.07, 6.45) is 2.29. The van der Waals surface area contributed by atoms with Gasteiger partial charge in [-0.1, -0.05) is 41.6 Å². The number of aromatic nitrogens is 1. The standard InChI is InChI=1S/C25H27N3O4/c29-25(27-14-17-6-7-22-24(10-17)31-16-30-22)12-19-8-9-26-15-20(19)11-21-13-23(32-28-21)18-4-2-1-3-5-18/h1-7,10,13,19-20,26H,8-9,11-12,14-16H2,(H,27,29). The second kappa shape index (κ2) is 9.44. The van der Waals surface area contributed by atoms with Crippen LogP contribution in [-0.4, -0.2) is 30.9 Å². The third-order valence-corrected chi connectivity index (χ3v) is 6.23. The predicted molar refractivity (Wildman–Crippen MR) is 119 cm³/mol. The smallest absolute Gasteiger partial charge is 0.231 e. The number of rotatable bonds is 7. The Kier molecular flexibility index (Phi) is 6.07. The third-order valence-electron chi connectivity index (χ3n) is 6.23. The van der Waals surface area contributed by atoms with Gasteiger partial charge in [-0.15, -0.1) is 0 Å². The first-order chi connectivity index (χ1) is 15.7. The molecular weight excluding hydrogens is 406 g/mol. The Hall–Kier alpha value is -3.32. The highest BCUT2D eigenvalue weighted by Crippen LogP contribution is 2.32. The van der Waals surface area contributed by atoms with E-state index in [1.165, 1.54) is 0 Å². The molecule has 2 aliphatic rings. The predicted octanol–water partition coefficient (Wildman–Crippen LogP) is 3.55. The average Bonchev–Trinajstić information content (AvgIpc) is 3.49. The highest BCUT2D eigenvalue weighted by Gasteiger charge is 2.28. The van der Waals surface area contributed by atoms with E-state index >= 15 is 0 Å². The van der Waals surface area contributed by atoms with Gasteiger partial charge in [0.1, 0.15) is 0 Å². The van der Waals surface area contributed by atoms with Crippen molar-refractivity contribution in [1.29, 1.82) is 0 Å². The van der Waals surface area contributed by atoms with Crippen molar-refractivity contribution in [3.05, 3.63) is 65.9 Å². The molecule has 0 aliphatic carbocycles. The number of benzene rings is 2. The third kappa shape index (κ3) is 4.78. The fourth-order valence-electron chi connectivity index (χ4n) is 4.46. The monoisotopic (exact) mass is 433 g/mol. The van der Waals surface area contributed by atoms with E-state index in [9.17, 15) is 4.79 Å². The lowest BCUT2D eigenvalue weighted by molar-refractivity contribution is -0.122. The number of ether oxygens (including phenoxy) is 2. The minimum Gasteiger partial charge on any atom is -0.454 e. The molecule has 3 aromatic rings. The van der Waals surface area contributed by atoms with E-state index in [1.807, 2.05) is 54.6 Å². The van der Waals surface area contributed by atoms with Crippen LogP contribution >= 0.6 is 0 Å². The van der Waals surface area contributed by atoms with Gasteiger partial charge in [0.05, 0.1) is 5.69 Å². The molecule has 3 heterocycles. The maximum Gasteiger partial charge on any atom is 0.231 e. The molecule has 1 amide bonds. The normalized spacial score (nSPS) is 19.6. The van der Waals surface area contributed by atoms with Gasteiger partial charge in [-0.05, 0) is 55.5 Å². The van der Waals surface area contributed by atoms with Crippen molar-refractivity contribution in [3.8, 4) is 22.8 Å². The Morgan fingerprint density at radius 1 is 1.06 bits per heavy atom. The topological polar surface area (TPSA) is 85.6 Å². The molecule has 1 fully saturated rings. The number of fused-ring (bicyclic) bond motifs is 1. The zero-order valence-corrected chi connectivity index (χ0v) is 17.9. The van der Waals surface area contributed by atoms with Crippen LogP contribution in [0.1, 0.15) is 24.1 Å². The summed E-state index contributed by atoms with van der Waals surface area (Å²) in [6, 6.07) is 17.8. The Labute approximate surface area is 187 Å². The summed E-state index contributed by atoms with van der Waals surface area (Å²) in [4.78, 5) is 12.7. The molecule has 2 N–H and O–H groups in total. The van der Waals surface area contributed by atoms with Crippen LogP contribution in [-0.2, 0) is 17.8 Å². The van der Waals surface area contributed by atoms with Gasteiger partial charge in [0.2, 0.25) is 12.7 Å². The van der Waals surface area contributed by atoms with Gasteiger partial charge >= 0.3 is 0 Å². The van der Waals surface area contributed by atoms with Crippen molar-refractivity contribution in [2.45, 2.75) is 25.8 Å². The fraction of sp³-hybridized carbons (Fsp3) is 0.360. The van der Waals surface area contributed by atoms with E-state index in [4.69, 9.17) is 14.0 Å². The molecule has 1 saturated heterocycles. The number of nitrogens with zero attached hydrogens (tertiary/aromatic N) is 1. The van der Waals surface area contributed by atoms with Gasteiger partial charge in [0.15, 0.2) is 17.3 Å². The van der Waals surface area contributed by atoms with Crippen LogP contribution in [0, 0.1) is 11.8 Å². The van der Waals surface area contributed by atoms with Crippen LogP contribution in [0.4, 0.5) is 0 Å². The van der Waals surface area contributed by atoms with Gasteiger partial charge in [-0.3, -0.25) is 4.79 Å². The molecule has 7 heteroatoms. The number of nitrogens with one attached hydrogen (secondary N) is 2. The van der Waals surface area contributed by atoms with E-state index in [0.29, 0.717) is 24.8 Å². The molecule has 1 aromatic heterocycles. The van der Waals surface area contributed by atoms with Crippen LogP contribution in [0.25, 0.3) is 11.3 Å². The van der Waals surface area contributed by atoms with Crippen LogP contribution < -0.4 is 20.1 Å². The first-order valence-corrected chi connectivity index (χ1v) is 11.1. The molecule has 0 saturated carbocycles. The number of carbonyl (C=O) groups is 1. The lowest BCUT2D eigenvalue weighted by Gasteiger charge is -2.31. The van der Waals surface area contributed by atoms with Crippen molar-refractivity contribution in [2.75, 3.05) is 19.9 Å². The summed E-state index contributed by atoms with van der Waals surface area (Å²) < 4.78 is 16.3. The quantitative estimate of drug-likeness (QED) is 0.593. The lowest BCUT2D eigenvalue weighted by Crippen LogP contribution is -2.40. The van der Waals surface area contributed by atoms with Crippen molar-refractivity contribution in [3.63, 3.8) is 0 Å². The minimum atomic E-state index is 0.0738. The van der Waals surface area contributed by atoms with Crippen LogP contribution in [0.5, 0.6) is 11.5 Å². The van der Waals surface area contributed by atoms with E-state index < -0.39 is 0 Å². The molecule has 7 nitrogen and oxygen atoms in total. The number of carbonyl (C=O) groups excluding carboxylic acids is 1. The van der Waals surface area contributed by atoms with Gasteiger partial charge < -0.3 is 24.6 Å². The summed E-state index contributed by atoms with van der Waals surface area (Å²) in [5.74, 6) is 2.99. The van der Waals surface area contributed by atoms with E-state index in [2.05, 4.69) is 15.8 Å². The maximum absolute atomic E-state index is 12.7. The molecule has 2 unspecified atom stereocenters. The van der Waals surface area contributed by atoms with Gasteiger partial charge in [0, 0.05) is 24.6 Å². The van der Waals surface area contributed by atoms with Crippen LogP contribution in [0.2, 0.25) is 0 Å². The summed E-state index contributed by atoms with van der Waals surface area (Å²) in [5.41, 5.74) is 2.95. The zero-order valence-electron chi connectivity index (χ0n) is 17.9. The Balaban J connectivity index is 1.16. The first kappa shape index (κ1) is 20.6. The van der Waals surface area contributed by atoms with Crippen molar-refractivity contribution >= 4 is 5.91 Å². The molecule has 2 aliphatic heterocycles. The number of hydrogen-bond donors (Lipinski definition) is 2. The summed E-state index contributed by atoms with van der Waals surface area (Å²) in [5, 5.41) is 10.8. The van der Waals surface area contributed by atoms with E-state index in [0.717, 1.165) is 60.0 Å². The number of amides is 1. The van der Waals surface area contributed by atoms with Crippen LogP contribution in [0.15, 0.2) is 59.1 Å². The van der Waals surface area contributed by atoms with Crippen LogP contribution in [0.3, 0.4) is 0 Å². The Morgan fingerprint density at radius 3 is 2.84 bits per heavy atom. The Morgan fingerprint density at radius 2 is 1.94 bits per heavy atom. The second-order valence-corrected chi connectivity index (χ2v) is 8.43. The molecule has 5 rings (SSSR count). The molecular formula is C25H27N3O4. The molecule has 2 atom stereocenters. The largest absolute Gasteiger partial charge is 0.454 e. The fourth-order valence-corrected chi connectivity index (χ4v) is 4.46. The van der Waals surface area contributed by atoms with E-state index in [-0.39, 0.29) is 12.7 Å². The second-order valence-electron chi connectivity index (χ2n) is 8.43. The first-order valence-electron chi connectivity index (χ1n) is 11.1. The SMILES string of the molecule is O=C(CC1CCNCC1Cc1cc(-c2ccccc2)on1)NCc1ccc2c(c1)OCO2. The number of hydrogen-bond acceptors (Lipinski definition) is 6. The minimum absolute atomic E-state index is 0.0738. The van der Waals surface area contributed by atoms with Crippen molar-refractivity contribution < 1.29 is 18.8 Å². The summed E-state index contributed by atoms with van der Waals surface area (Å²) in [6.45, 7) is 2.55. The molecule has 0 radical (unpaired) electrons. The summed E-state index contributed by atoms with van der Waals surface area (Å²) in [7, 11) is 0. The molecule has 2 aromatic carbocycles. The van der Waals surface area contributed by atoms with E-state index in [1.54, 1.807) is 0 Å². The van der Waals surface area contributed by atoms with Gasteiger partial charge in [0.25, 0.3) is 0 Å². The summed E-state index contributed by atoms with van der Waals surface area (Å²) >= 11 is 0.